The Bertz CT molecular complexity index is 699. The molecule has 0 radical (unpaired) electrons. The van der Waals surface area contributed by atoms with E-state index in [1.165, 1.54) is 6.92 Å². The molecule has 2 aromatic carbocycles. The standard InChI is InChI=1S/C18H20N2O3/c1-12-8-9-15(17(22)10-12)20-18(23)11-16(19-13(2)21)14-6-4-3-5-7-14/h3-10,16,22H,11H2,1-2H3,(H,19,21)(H,20,23). The van der Waals surface area contributed by atoms with Crippen LogP contribution in [0.25, 0.3) is 0 Å². The molecule has 0 aromatic heterocycles. The van der Waals surface area contributed by atoms with E-state index in [0.717, 1.165) is 11.1 Å². The molecule has 2 aromatic rings. The topological polar surface area (TPSA) is 78.4 Å². The SMILES string of the molecule is CC(=O)NC(CC(=O)Nc1ccc(C)cc1O)c1ccccc1. The van der Waals surface area contributed by atoms with Crippen molar-refractivity contribution in [3.63, 3.8) is 0 Å². The number of amides is 2. The van der Waals surface area contributed by atoms with Gasteiger partial charge in [-0.2, -0.15) is 0 Å². The summed E-state index contributed by atoms with van der Waals surface area (Å²) in [6.45, 7) is 3.27. The van der Waals surface area contributed by atoms with Gasteiger partial charge in [0.2, 0.25) is 11.8 Å². The molecular formula is C18H20N2O3. The van der Waals surface area contributed by atoms with Gasteiger partial charge in [0, 0.05) is 6.92 Å². The summed E-state index contributed by atoms with van der Waals surface area (Å²) in [5.41, 5.74) is 2.11. The summed E-state index contributed by atoms with van der Waals surface area (Å²) in [5.74, 6) is -0.467. The van der Waals surface area contributed by atoms with Crippen molar-refractivity contribution in [1.82, 2.24) is 5.32 Å². The highest BCUT2D eigenvalue weighted by Crippen LogP contribution is 2.25. The highest BCUT2D eigenvalue weighted by Gasteiger charge is 2.17. The van der Waals surface area contributed by atoms with E-state index in [0.29, 0.717) is 5.69 Å². The zero-order valence-electron chi connectivity index (χ0n) is 13.2. The fraction of sp³-hybridized carbons (Fsp3) is 0.222. The number of aryl methyl sites for hydroxylation is 1. The van der Waals surface area contributed by atoms with Gasteiger partial charge in [-0.05, 0) is 30.2 Å². The number of benzene rings is 2. The van der Waals surface area contributed by atoms with Crippen molar-refractivity contribution in [3.8, 4) is 5.75 Å². The van der Waals surface area contributed by atoms with Gasteiger partial charge in [0.1, 0.15) is 5.75 Å². The molecule has 2 amide bonds. The number of carbonyl (C=O) groups is 2. The molecule has 0 saturated heterocycles. The molecule has 0 fully saturated rings. The molecule has 0 bridgehead atoms. The van der Waals surface area contributed by atoms with Crippen LogP contribution in [0.5, 0.6) is 5.75 Å². The Labute approximate surface area is 135 Å². The van der Waals surface area contributed by atoms with Crippen LogP contribution in [0.3, 0.4) is 0 Å². The van der Waals surface area contributed by atoms with Crippen LogP contribution in [0.1, 0.15) is 30.5 Å². The zero-order valence-corrected chi connectivity index (χ0v) is 13.2. The largest absolute Gasteiger partial charge is 0.506 e. The lowest BCUT2D eigenvalue weighted by Gasteiger charge is -2.18. The first-order valence-electron chi connectivity index (χ1n) is 7.37. The molecule has 0 aliphatic carbocycles. The first-order valence-corrected chi connectivity index (χ1v) is 7.37. The Morgan fingerprint density at radius 1 is 1.13 bits per heavy atom. The number of hydrogen-bond donors (Lipinski definition) is 3. The predicted molar refractivity (Wildman–Crippen MR) is 89.1 cm³/mol. The Balaban J connectivity index is 2.09. The van der Waals surface area contributed by atoms with Crippen LogP contribution in [0, 0.1) is 6.92 Å². The van der Waals surface area contributed by atoms with Gasteiger partial charge in [-0.25, -0.2) is 0 Å². The molecule has 23 heavy (non-hydrogen) atoms. The third-order valence-corrected chi connectivity index (χ3v) is 3.40. The van der Waals surface area contributed by atoms with Gasteiger partial charge < -0.3 is 15.7 Å². The summed E-state index contributed by atoms with van der Waals surface area (Å²) in [4.78, 5) is 23.6. The highest BCUT2D eigenvalue weighted by molar-refractivity contribution is 5.93. The summed E-state index contributed by atoms with van der Waals surface area (Å²) in [7, 11) is 0. The van der Waals surface area contributed by atoms with E-state index in [1.54, 1.807) is 18.2 Å². The van der Waals surface area contributed by atoms with Gasteiger partial charge in [0.05, 0.1) is 18.2 Å². The summed E-state index contributed by atoms with van der Waals surface area (Å²) in [6, 6.07) is 13.9. The summed E-state index contributed by atoms with van der Waals surface area (Å²) < 4.78 is 0. The number of anilines is 1. The number of aromatic hydroxyl groups is 1. The maximum Gasteiger partial charge on any atom is 0.226 e. The van der Waals surface area contributed by atoms with Crippen LogP contribution in [-0.2, 0) is 9.59 Å². The second-order valence-corrected chi connectivity index (χ2v) is 5.44. The Morgan fingerprint density at radius 2 is 1.83 bits per heavy atom. The van der Waals surface area contributed by atoms with Crippen molar-refractivity contribution in [2.75, 3.05) is 5.32 Å². The first-order chi connectivity index (χ1) is 11.0. The van der Waals surface area contributed by atoms with Gasteiger partial charge in [-0.15, -0.1) is 0 Å². The molecule has 0 heterocycles. The molecule has 0 saturated carbocycles. The second kappa shape index (κ2) is 7.45. The molecule has 3 N–H and O–H groups in total. The molecule has 1 unspecified atom stereocenters. The Kier molecular flexibility index (Phi) is 5.36. The average molecular weight is 312 g/mol. The molecule has 2 rings (SSSR count). The quantitative estimate of drug-likeness (QED) is 0.743. The molecule has 0 spiro atoms. The van der Waals surface area contributed by atoms with E-state index < -0.39 is 6.04 Å². The van der Waals surface area contributed by atoms with E-state index in [2.05, 4.69) is 10.6 Å². The summed E-state index contributed by atoms with van der Waals surface area (Å²) in [6.07, 6.45) is 0.0803. The van der Waals surface area contributed by atoms with Crippen LogP contribution >= 0.6 is 0 Å². The summed E-state index contributed by atoms with van der Waals surface area (Å²) in [5, 5.41) is 15.3. The number of carbonyl (C=O) groups excluding carboxylic acids is 2. The van der Waals surface area contributed by atoms with Crippen LogP contribution in [-0.4, -0.2) is 16.9 Å². The fourth-order valence-electron chi connectivity index (χ4n) is 2.32. The molecule has 5 nitrogen and oxygen atoms in total. The maximum atomic E-state index is 12.2. The first kappa shape index (κ1) is 16.5. The second-order valence-electron chi connectivity index (χ2n) is 5.44. The number of phenolic OH excluding ortho intramolecular Hbond substituents is 1. The van der Waals surface area contributed by atoms with E-state index in [-0.39, 0.29) is 24.0 Å². The third kappa shape index (κ3) is 4.85. The monoisotopic (exact) mass is 312 g/mol. The highest BCUT2D eigenvalue weighted by atomic mass is 16.3. The van der Waals surface area contributed by atoms with Crippen molar-refractivity contribution < 1.29 is 14.7 Å². The van der Waals surface area contributed by atoms with Crippen molar-refractivity contribution in [2.24, 2.45) is 0 Å². The lowest BCUT2D eigenvalue weighted by Crippen LogP contribution is -2.29. The van der Waals surface area contributed by atoms with Gasteiger partial charge in [-0.3, -0.25) is 9.59 Å². The van der Waals surface area contributed by atoms with Crippen LogP contribution < -0.4 is 10.6 Å². The van der Waals surface area contributed by atoms with Gasteiger partial charge in [0.15, 0.2) is 0 Å². The normalized spacial score (nSPS) is 11.6. The van der Waals surface area contributed by atoms with Crippen molar-refractivity contribution in [1.29, 1.82) is 0 Å². The van der Waals surface area contributed by atoms with Crippen molar-refractivity contribution in [3.05, 3.63) is 59.7 Å². The van der Waals surface area contributed by atoms with Crippen LogP contribution in [0.4, 0.5) is 5.69 Å². The predicted octanol–water partition coefficient (Wildman–Crippen LogP) is 2.91. The minimum Gasteiger partial charge on any atom is -0.506 e. The number of phenols is 1. The molecule has 1 atom stereocenters. The molecule has 0 aliphatic heterocycles. The van der Waals surface area contributed by atoms with E-state index >= 15 is 0 Å². The smallest absolute Gasteiger partial charge is 0.226 e. The van der Waals surface area contributed by atoms with Gasteiger partial charge in [-0.1, -0.05) is 36.4 Å². The molecular weight excluding hydrogens is 292 g/mol. The van der Waals surface area contributed by atoms with Crippen LogP contribution in [0.15, 0.2) is 48.5 Å². The summed E-state index contributed by atoms with van der Waals surface area (Å²) >= 11 is 0. The Hall–Kier alpha value is -2.82. The molecule has 5 heteroatoms. The van der Waals surface area contributed by atoms with Crippen molar-refractivity contribution in [2.45, 2.75) is 26.3 Å². The number of hydrogen-bond acceptors (Lipinski definition) is 3. The zero-order chi connectivity index (χ0) is 16.8. The van der Waals surface area contributed by atoms with E-state index in [4.69, 9.17) is 0 Å². The maximum absolute atomic E-state index is 12.2. The average Bonchev–Trinajstić information content (AvgIpc) is 2.50. The van der Waals surface area contributed by atoms with Gasteiger partial charge >= 0.3 is 0 Å². The lowest BCUT2D eigenvalue weighted by atomic mass is 10.0. The van der Waals surface area contributed by atoms with E-state index in [1.807, 2.05) is 37.3 Å². The fourth-order valence-corrected chi connectivity index (χ4v) is 2.32. The Morgan fingerprint density at radius 3 is 2.43 bits per heavy atom. The minimum atomic E-state index is -0.415. The third-order valence-electron chi connectivity index (χ3n) is 3.40. The van der Waals surface area contributed by atoms with E-state index in [9.17, 15) is 14.7 Å². The molecule has 120 valence electrons. The van der Waals surface area contributed by atoms with Crippen LogP contribution in [0.2, 0.25) is 0 Å². The van der Waals surface area contributed by atoms with Gasteiger partial charge in [0.25, 0.3) is 0 Å². The molecule has 0 aliphatic rings. The number of rotatable bonds is 5. The lowest BCUT2D eigenvalue weighted by molar-refractivity contribution is -0.120. The van der Waals surface area contributed by atoms with Crippen molar-refractivity contribution >= 4 is 17.5 Å². The number of nitrogens with one attached hydrogen (secondary N) is 2. The minimum absolute atomic E-state index is 0.0224.